The molecule has 12 heteroatoms. The summed E-state index contributed by atoms with van der Waals surface area (Å²) in [6.45, 7) is 0.597. The number of hydrogen-bond donors (Lipinski definition) is 1. The number of alkyl halides is 9. The van der Waals surface area contributed by atoms with Crippen molar-refractivity contribution in [2.75, 3.05) is 6.61 Å². The summed E-state index contributed by atoms with van der Waals surface area (Å²) < 4.78 is 123. The molecule has 1 aromatic rings. The highest BCUT2D eigenvalue weighted by Crippen LogP contribution is 2.56. The Morgan fingerprint density at radius 2 is 1.45 bits per heavy atom. The molecule has 0 saturated heterocycles. The van der Waals surface area contributed by atoms with E-state index in [9.17, 15) is 49.4 Å². The number of aryl methyl sites for hydroxylation is 1. The minimum Gasteiger partial charge on any atom is -0.464 e. The van der Waals surface area contributed by atoms with Crippen LogP contribution in [-0.2, 0) is 16.0 Å². The fourth-order valence-electron chi connectivity index (χ4n) is 2.54. The van der Waals surface area contributed by atoms with Crippen molar-refractivity contribution in [1.29, 1.82) is 0 Å². The van der Waals surface area contributed by atoms with Gasteiger partial charge in [-0.3, -0.25) is 0 Å². The van der Waals surface area contributed by atoms with Crippen molar-refractivity contribution in [1.82, 2.24) is 0 Å². The van der Waals surface area contributed by atoms with E-state index in [1.807, 2.05) is 0 Å². The second-order valence-corrected chi connectivity index (χ2v) is 6.29. The van der Waals surface area contributed by atoms with E-state index in [4.69, 9.17) is 0 Å². The second kappa shape index (κ2) is 8.41. The molecule has 166 valence electrons. The van der Waals surface area contributed by atoms with E-state index in [1.165, 1.54) is 24.3 Å². The minimum absolute atomic E-state index is 0.300. The van der Waals surface area contributed by atoms with Crippen molar-refractivity contribution in [3.05, 3.63) is 35.9 Å². The lowest BCUT2D eigenvalue weighted by atomic mass is 9.80. The third-order valence-corrected chi connectivity index (χ3v) is 4.16. The monoisotopic (exact) mass is 440 g/mol. The van der Waals surface area contributed by atoms with Gasteiger partial charge in [-0.05, 0) is 25.3 Å². The Balaban J connectivity index is 3.40. The quantitative estimate of drug-likeness (QED) is 0.468. The predicted molar refractivity (Wildman–Crippen MR) is 81.9 cm³/mol. The summed E-state index contributed by atoms with van der Waals surface area (Å²) in [6.07, 6.45) is -18.1. The maximum Gasteiger partial charge on any atom is 0.457 e. The summed E-state index contributed by atoms with van der Waals surface area (Å²) in [7, 11) is 0. The van der Waals surface area contributed by atoms with E-state index in [0.717, 1.165) is 6.92 Å². The Kier molecular flexibility index (Phi) is 7.26. The van der Waals surface area contributed by atoms with Crippen LogP contribution in [0.4, 0.5) is 39.5 Å². The van der Waals surface area contributed by atoms with Gasteiger partial charge < -0.3 is 9.84 Å². The number of carbonyl (C=O) groups is 1. The van der Waals surface area contributed by atoms with E-state index < -0.39 is 61.4 Å². The van der Waals surface area contributed by atoms with E-state index in [-0.39, 0.29) is 0 Å². The molecule has 2 unspecified atom stereocenters. The number of hydrogen-bond acceptors (Lipinski definition) is 3. The zero-order valence-electron chi connectivity index (χ0n) is 14.9. The van der Waals surface area contributed by atoms with Gasteiger partial charge in [0.25, 0.3) is 5.67 Å². The highest BCUT2D eigenvalue weighted by Gasteiger charge is 2.82. The molecule has 0 heterocycles. The Morgan fingerprint density at radius 1 is 0.931 bits per heavy atom. The average Bonchev–Trinajstić information content (AvgIpc) is 2.59. The van der Waals surface area contributed by atoms with Crippen LogP contribution in [0.15, 0.2) is 30.3 Å². The van der Waals surface area contributed by atoms with E-state index >= 15 is 0 Å². The molecule has 1 rings (SSSR count). The van der Waals surface area contributed by atoms with Crippen LogP contribution >= 0.6 is 0 Å². The van der Waals surface area contributed by atoms with Crippen LogP contribution in [0.1, 0.15) is 25.3 Å². The molecule has 0 saturated carbocycles. The number of esters is 1. The first kappa shape index (κ1) is 25.1. The number of benzene rings is 1. The standard InChI is InChI=1S/C17H17F9O3/c1-2-29-12(27)13(28,9-8-11-6-4-3-5-7-11)10-14(18,16(21,22)23)15(19,20)17(24,25)26/h3-7,28H,2,8-10H2,1H3. The minimum atomic E-state index is -6.94. The molecule has 0 aliphatic carbocycles. The van der Waals surface area contributed by atoms with Crippen LogP contribution < -0.4 is 0 Å². The first-order chi connectivity index (χ1) is 13.0. The summed E-state index contributed by atoms with van der Waals surface area (Å²) in [5.74, 6) is -8.88. The lowest BCUT2D eigenvalue weighted by Gasteiger charge is -2.40. The maximum atomic E-state index is 14.4. The predicted octanol–water partition coefficient (Wildman–Crippen LogP) is 4.77. The topological polar surface area (TPSA) is 46.5 Å². The number of carbonyl (C=O) groups excluding carboxylic acids is 1. The molecule has 1 N–H and O–H groups in total. The highest BCUT2D eigenvalue weighted by atomic mass is 19.4. The van der Waals surface area contributed by atoms with E-state index in [1.54, 1.807) is 6.07 Å². The van der Waals surface area contributed by atoms with Gasteiger partial charge in [-0.2, -0.15) is 35.1 Å². The van der Waals surface area contributed by atoms with Crippen molar-refractivity contribution in [3.63, 3.8) is 0 Å². The molecule has 29 heavy (non-hydrogen) atoms. The molecule has 0 aromatic heterocycles. The fourth-order valence-corrected chi connectivity index (χ4v) is 2.54. The third-order valence-electron chi connectivity index (χ3n) is 4.16. The Bertz CT molecular complexity index is 688. The summed E-state index contributed by atoms with van der Waals surface area (Å²) in [6, 6.07) is 7.25. The van der Waals surface area contributed by atoms with Gasteiger partial charge in [-0.25, -0.2) is 9.18 Å². The molecule has 2 atom stereocenters. The van der Waals surface area contributed by atoms with Gasteiger partial charge in [0.05, 0.1) is 6.61 Å². The molecule has 0 spiro atoms. The van der Waals surface area contributed by atoms with E-state index in [2.05, 4.69) is 4.74 Å². The Morgan fingerprint density at radius 3 is 1.86 bits per heavy atom. The zero-order valence-corrected chi connectivity index (χ0v) is 14.9. The fraction of sp³-hybridized carbons (Fsp3) is 0.588. The van der Waals surface area contributed by atoms with Crippen LogP contribution in [0.2, 0.25) is 0 Å². The normalized spacial score (nSPS) is 17.3. The largest absolute Gasteiger partial charge is 0.464 e. The molecule has 0 fully saturated rings. The van der Waals surface area contributed by atoms with Crippen LogP contribution in [-0.4, -0.2) is 47.2 Å². The average molecular weight is 440 g/mol. The first-order valence-corrected chi connectivity index (χ1v) is 8.15. The molecule has 1 aromatic carbocycles. The van der Waals surface area contributed by atoms with Crippen molar-refractivity contribution >= 4 is 5.97 Å². The summed E-state index contributed by atoms with van der Waals surface area (Å²) in [4.78, 5) is 11.9. The number of ether oxygens (including phenoxy) is 1. The molecule has 0 aliphatic heterocycles. The van der Waals surface area contributed by atoms with Crippen LogP contribution in [0, 0.1) is 0 Å². The first-order valence-electron chi connectivity index (χ1n) is 8.15. The molecular weight excluding hydrogens is 423 g/mol. The smallest absolute Gasteiger partial charge is 0.457 e. The van der Waals surface area contributed by atoms with Crippen LogP contribution in [0.25, 0.3) is 0 Å². The highest BCUT2D eigenvalue weighted by molar-refractivity contribution is 5.79. The van der Waals surface area contributed by atoms with Gasteiger partial charge in [0.2, 0.25) is 0 Å². The van der Waals surface area contributed by atoms with Gasteiger partial charge >= 0.3 is 24.2 Å². The van der Waals surface area contributed by atoms with Crippen molar-refractivity contribution in [2.24, 2.45) is 0 Å². The molecule has 0 radical (unpaired) electrons. The van der Waals surface area contributed by atoms with Gasteiger partial charge in [-0.15, -0.1) is 0 Å². The molecule has 3 nitrogen and oxygen atoms in total. The summed E-state index contributed by atoms with van der Waals surface area (Å²) >= 11 is 0. The van der Waals surface area contributed by atoms with Crippen molar-refractivity contribution in [2.45, 2.75) is 55.7 Å². The molecular formula is C17H17F9O3. The summed E-state index contributed by atoms with van der Waals surface area (Å²) in [5.41, 5.74) is -9.59. The number of rotatable bonds is 8. The van der Waals surface area contributed by atoms with E-state index in [0.29, 0.717) is 5.56 Å². The third kappa shape index (κ3) is 5.14. The van der Waals surface area contributed by atoms with Crippen molar-refractivity contribution < 1.29 is 54.2 Å². The second-order valence-electron chi connectivity index (χ2n) is 6.29. The number of halogens is 9. The molecule has 0 bridgehead atoms. The Hall–Kier alpha value is -1.98. The van der Waals surface area contributed by atoms with Gasteiger partial charge in [0.1, 0.15) is 0 Å². The molecule has 0 aliphatic rings. The summed E-state index contributed by atoms with van der Waals surface area (Å²) in [5, 5.41) is 10.3. The van der Waals surface area contributed by atoms with Gasteiger partial charge in [-0.1, -0.05) is 30.3 Å². The van der Waals surface area contributed by atoms with Crippen LogP contribution in [0.5, 0.6) is 0 Å². The molecule has 0 amide bonds. The SMILES string of the molecule is CCOC(=O)C(O)(CCc1ccccc1)CC(F)(C(F)(F)F)C(F)(F)C(F)(F)F. The zero-order chi connectivity index (χ0) is 22.7. The number of aliphatic hydroxyl groups is 1. The van der Waals surface area contributed by atoms with Crippen molar-refractivity contribution in [3.8, 4) is 0 Å². The van der Waals surface area contributed by atoms with Gasteiger partial charge in [0, 0.05) is 6.42 Å². The van der Waals surface area contributed by atoms with Gasteiger partial charge in [0.15, 0.2) is 5.60 Å². The lowest BCUT2D eigenvalue weighted by molar-refractivity contribution is -0.389. The Labute approximate surface area is 159 Å². The lowest BCUT2D eigenvalue weighted by Crippen LogP contribution is -2.65. The van der Waals surface area contributed by atoms with Crippen LogP contribution in [0.3, 0.4) is 0 Å². The maximum absolute atomic E-state index is 14.4.